The largest absolute Gasteiger partial charge is 0.333 e. The van der Waals surface area contributed by atoms with Crippen LogP contribution < -0.4 is 0 Å². The fourth-order valence-corrected chi connectivity index (χ4v) is 10.2. The summed E-state index contributed by atoms with van der Waals surface area (Å²) < 4.78 is 7.10. The van der Waals surface area contributed by atoms with E-state index in [1.54, 1.807) is 0 Å². The predicted molar refractivity (Wildman–Crippen MR) is 266 cm³/mol. The molecule has 0 saturated carbocycles. The topological polar surface area (TPSA) is 42.8 Å². The maximum absolute atomic E-state index is 5.56. The van der Waals surface area contributed by atoms with E-state index in [2.05, 4.69) is 244 Å². The average Bonchev–Trinajstić information content (AvgIpc) is 4.00. The van der Waals surface area contributed by atoms with Gasteiger partial charge in [0.05, 0.1) is 33.1 Å². The maximum atomic E-state index is 5.56. The molecule has 1 aliphatic rings. The fraction of sp³-hybridized carbons (Fsp3) is 0.0345. The van der Waals surface area contributed by atoms with Gasteiger partial charge in [-0.3, -0.25) is 0 Å². The van der Waals surface area contributed by atoms with Crippen molar-refractivity contribution >= 4 is 77.1 Å². The molecule has 3 aromatic heterocycles. The molecule has 64 heavy (non-hydrogen) atoms. The van der Waals surface area contributed by atoms with E-state index in [0.717, 1.165) is 50.6 Å². The lowest BCUT2D eigenvalue weighted by atomic mass is 10.1. The van der Waals surface area contributed by atoms with Crippen LogP contribution in [0.2, 0.25) is 0 Å². The Kier molecular flexibility index (Phi) is 8.09. The summed E-state index contributed by atoms with van der Waals surface area (Å²) in [6, 6.07) is 78.3. The van der Waals surface area contributed by atoms with E-state index in [-0.39, 0.29) is 6.17 Å². The number of aromatic nitrogens is 3. The normalized spacial score (nSPS) is 14.3. The van der Waals surface area contributed by atoms with Crippen molar-refractivity contribution in [2.24, 2.45) is 9.98 Å². The van der Waals surface area contributed by atoms with Gasteiger partial charge in [0.25, 0.3) is 0 Å². The quantitative estimate of drug-likeness (QED) is 0.165. The Morgan fingerprint density at radius 1 is 0.344 bits per heavy atom. The van der Waals surface area contributed by atoms with Crippen molar-refractivity contribution in [3.63, 3.8) is 0 Å². The lowest BCUT2D eigenvalue weighted by Crippen LogP contribution is -2.35. The number of hydrogen-bond donors (Lipinski definition) is 0. The smallest absolute Gasteiger partial charge is 0.159 e. The number of benzene rings is 9. The minimum atomic E-state index is -0.371. The van der Waals surface area contributed by atoms with E-state index in [1.165, 1.54) is 54.4 Å². The molecule has 12 aromatic rings. The molecule has 0 aliphatic carbocycles. The van der Waals surface area contributed by atoms with Crippen molar-refractivity contribution in [2.75, 3.05) is 7.05 Å². The third-order valence-electron chi connectivity index (χ3n) is 13.0. The molecule has 4 heterocycles. The first-order chi connectivity index (χ1) is 31.7. The Hall–Kier alpha value is -8.48. The Morgan fingerprint density at radius 2 is 0.688 bits per heavy atom. The zero-order valence-corrected chi connectivity index (χ0v) is 35.0. The molecule has 0 N–H and O–H groups in total. The number of rotatable bonds is 6. The molecule has 1 unspecified atom stereocenters. The average molecular weight is 821 g/mol. The van der Waals surface area contributed by atoms with Gasteiger partial charge in [0, 0.05) is 67.6 Å². The summed E-state index contributed by atoms with van der Waals surface area (Å²) in [4.78, 5) is 13.3. The molecule has 0 saturated heterocycles. The zero-order valence-electron chi connectivity index (χ0n) is 35.0. The lowest BCUT2D eigenvalue weighted by molar-refractivity contribution is 0.383. The zero-order chi connectivity index (χ0) is 42.3. The van der Waals surface area contributed by atoms with Gasteiger partial charge in [-0.1, -0.05) is 146 Å². The molecule has 0 bridgehead atoms. The first-order valence-corrected chi connectivity index (χ1v) is 21.8. The molecule has 1 aliphatic heterocycles. The first-order valence-electron chi connectivity index (χ1n) is 21.8. The van der Waals surface area contributed by atoms with Gasteiger partial charge in [0.15, 0.2) is 12.0 Å². The molecular formula is C58H40N6. The minimum Gasteiger partial charge on any atom is -0.333 e. The van der Waals surface area contributed by atoms with Gasteiger partial charge in [-0.15, -0.1) is 0 Å². The van der Waals surface area contributed by atoms with Crippen LogP contribution in [0.5, 0.6) is 0 Å². The number of amidine groups is 2. The molecule has 9 aromatic carbocycles. The summed E-state index contributed by atoms with van der Waals surface area (Å²) in [6.07, 6.45) is -0.371. The van der Waals surface area contributed by atoms with Crippen LogP contribution >= 0.6 is 0 Å². The summed E-state index contributed by atoms with van der Waals surface area (Å²) in [7, 11) is 2.12. The summed E-state index contributed by atoms with van der Waals surface area (Å²) in [5.41, 5.74) is 13.3. The Morgan fingerprint density at radius 3 is 1.11 bits per heavy atom. The van der Waals surface area contributed by atoms with Crippen LogP contribution in [0.1, 0.15) is 22.9 Å². The summed E-state index contributed by atoms with van der Waals surface area (Å²) in [6.45, 7) is 0. The first kappa shape index (κ1) is 36.2. The van der Waals surface area contributed by atoms with Crippen molar-refractivity contribution < 1.29 is 0 Å². The molecule has 0 amide bonds. The van der Waals surface area contributed by atoms with E-state index in [4.69, 9.17) is 9.98 Å². The van der Waals surface area contributed by atoms with Gasteiger partial charge in [-0.05, 0) is 78.4 Å². The highest BCUT2D eigenvalue weighted by Gasteiger charge is 2.28. The van der Waals surface area contributed by atoms with Crippen LogP contribution in [0.25, 0.3) is 82.5 Å². The second kappa shape index (κ2) is 14.3. The molecule has 6 nitrogen and oxygen atoms in total. The van der Waals surface area contributed by atoms with Crippen LogP contribution in [-0.2, 0) is 0 Å². The second-order valence-electron chi connectivity index (χ2n) is 16.7. The van der Waals surface area contributed by atoms with E-state index in [1.807, 2.05) is 0 Å². The molecule has 6 heteroatoms. The molecule has 0 fully saturated rings. The number of nitrogens with zero attached hydrogens (tertiary/aromatic N) is 6. The number of fused-ring (bicyclic) bond motifs is 9. The lowest BCUT2D eigenvalue weighted by Gasteiger charge is -2.33. The van der Waals surface area contributed by atoms with Crippen molar-refractivity contribution in [1.29, 1.82) is 0 Å². The third kappa shape index (κ3) is 5.52. The van der Waals surface area contributed by atoms with Crippen LogP contribution in [0, 0.1) is 0 Å². The van der Waals surface area contributed by atoms with Gasteiger partial charge in [0.2, 0.25) is 0 Å². The van der Waals surface area contributed by atoms with Gasteiger partial charge in [-0.2, -0.15) is 0 Å². The van der Waals surface area contributed by atoms with Crippen molar-refractivity contribution in [3.8, 4) is 17.1 Å². The van der Waals surface area contributed by atoms with Crippen LogP contribution in [0.15, 0.2) is 228 Å². The number of para-hydroxylation sites is 6. The Balaban J connectivity index is 0.995. The highest BCUT2D eigenvalue weighted by molar-refractivity contribution is 6.15. The van der Waals surface area contributed by atoms with E-state index in [0.29, 0.717) is 5.84 Å². The van der Waals surface area contributed by atoms with Crippen molar-refractivity contribution in [3.05, 3.63) is 235 Å². The Labute approximate surface area is 369 Å². The summed E-state index contributed by atoms with van der Waals surface area (Å²) >= 11 is 0. The van der Waals surface area contributed by atoms with Crippen LogP contribution in [0.3, 0.4) is 0 Å². The SMILES string of the molecule is CN1C(c2cccc(-n3c4ccccc4c4ccccc43)c2)=NC(c2cccc(-n3c4ccccc4c4ccccc43)c2)=NC1c1cccc(-n2c3ccccc3c3ccccc32)c1. The van der Waals surface area contributed by atoms with Crippen LogP contribution in [-0.4, -0.2) is 37.3 Å². The van der Waals surface area contributed by atoms with Crippen molar-refractivity contribution in [1.82, 2.24) is 18.6 Å². The summed E-state index contributed by atoms with van der Waals surface area (Å²) in [5.74, 6) is 1.53. The molecule has 0 radical (unpaired) electrons. The van der Waals surface area contributed by atoms with Gasteiger partial charge >= 0.3 is 0 Å². The summed E-state index contributed by atoms with van der Waals surface area (Å²) in [5, 5.41) is 7.39. The number of hydrogen-bond acceptors (Lipinski definition) is 3. The van der Waals surface area contributed by atoms with E-state index in [9.17, 15) is 0 Å². The van der Waals surface area contributed by atoms with Gasteiger partial charge in [-0.25, -0.2) is 9.98 Å². The van der Waals surface area contributed by atoms with Crippen molar-refractivity contribution in [2.45, 2.75) is 6.17 Å². The standard InChI is InChI=1S/C58H40N6/c1-61-57(39-18-15-21-42(36-39)63-52-31-10-4-25-46(52)47-26-5-11-32-53(47)63)59-56(38-17-14-20-41(35-38)62-50-29-8-2-23-44(50)45-24-3-9-30-51(45)62)60-58(61)40-19-16-22-43(37-40)64-54-33-12-6-27-48(54)49-28-7-13-34-55(49)64/h2-37,57H,1H3. The number of aliphatic imine (C=N–C) groups is 2. The molecular weight excluding hydrogens is 781 g/mol. The Bertz CT molecular complexity index is 3740. The molecule has 1 atom stereocenters. The predicted octanol–water partition coefficient (Wildman–Crippen LogP) is 13.8. The maximum Gasteiger partial charge on any atom is 0.159 e. The fourth-order valence-electron chi connectivity index (χ4n) is 10.2. The van der Waals surface area contributed by atoms with Gasteiger partial charge in [0.1, 0.15) is 5.84 Å². The third-order valence-corrected chi connectivity index (χ3v) is 13.0. The molecule has 0 spiro atoms. The minimum absolute atomic E-state index is 0.371. The van der Waals surface area contributed by atoms with E-state index < -0.39 is 0 Å². The molecule has 13 rings (SSSR count). The van der Waals surface area contributed by atoms with E-state index >= 15 is 0 Å². The van der Waals surface area contributed by atoms with Crippen LogP contribution in [0.4, 0.5) is 0 Å². The van der Waals surface area contributed by atoms with Gasteiger partial charge < -0.3 is 18.6 Å². The highest BCUT2D eigenvalue weighted by Crippen LogP contribution is 2.37. The monoisotopic (exact) mass is 820 g/mol. The molecule has 302 valence electrons. The second-order valence-corrected chi connectivity index (χ2v) is 16.7. The highest BCUT2D eigenvalue weighted by atomic mass is 15.3.